The van der Waals surface area contributed by atoms with Crippen LogP contribution < -0.4 is 16.4 Å². The van der Waals surface area contributed by atoms with Gasteiger partial charge >= 0.3 is 12.1 Å². The summed E-state index contributed by atoms with van der Waals surface area (Å²) in [6, 6.07) is 11.1. The smallest absolute Gasteiger partial charge is 0.408 e. The Morgan fingerprint density at radius 2 is 1.49 bits per heavy atom. The molecule has 12 heteroatoms. The van der Waals surface area contributed by atoms with Gasteiger partial charge in [-0.15, -0.1) is 0 Å². The first-order chi connectivity index (χ1) is 20.9. The lowest BCUT2D eigenvalue weighted by Gasteiger charge is -2.34. The second-order valence-electron chi connectivity index (χ2n) is 12.6. The van der Waals surface area contributed by atoms with Crippen LogP contribution in [-0.2, 0) is 35.1 Å². The number of hydrogen-bond donors (Lipinski definition) is 4. The van der Waals surface area contributed by atoms with Crippen LogP contribution in [0.3, 0.4) is 0 Å². The fourth-order valence-electron chi connectivity index (χ4n) is 4.49. The van der Waals surface area contributed by atoms with E-state index in [1.54, 1.807) is 66.7 Å². The Labute approximate surface area is 264 Å². The summed E-state index contributed by atoms with van der Waals surface area (Å²) in [5.74, 6) is -2.95. The molecule has 246 valence electrons. The van der Waals surface area contributed by atoms with E-state index in [0.29, 0.717) is 0 Å². The van der Waals surface area contributed by atoms with E-state index in [-0.39, 0.29) is 37.1 Å². The van der Waals surface area contributed by atoms with Gasteiger partial charge in [-0.25, -0.2) is 9.59 Å². The minimum Gasteiger partial charge on any atom is -0.508 e. The van der Waals surface area contributed by atoms with E-state index in [1.807, 2.05) is 18.2 Å². The molecule has 0 radical (unpaired) electrons. The van der Waals surface area contributed by atoms with Gasteiger partial charge in [0, 0.05) is 19.4 Å². The molecule has 3 unspecified atom stereocenters. The van der Waals surface area contributed by atoms with E-state index in [4.69, 9.17) is 15.2 Å². The number of benzene rings is 2. The van der Waals surface area contributed by atoms with Crippen LogP contribution in [-0.4, -0.2) is 69.6 Å². The standard InChI is InChI=1S/C33H46N4O8/c1-8-37(29(41)24(17-18-26(34)39)36-31(43)45-33(5,6)7)27(22-15-12-16-23(38)20-22)28(40)35-25(30(42)44-32(2,3)4)19-21-13-10-9-11-14-21/h9-16,20,24-25,27,38H,8,17-19H2,1-7H3,(H2,34,39)(H,35,40)(H,36,43). The maximum atomic E-state index is 14.1. The van der Waals surface area contributed by atoms with Crippen LogP contribution in [0.5, 0.6) is 5.75 Å². The molecule has 0 aliphatic carbocycles. The maximum Gasteiger partial charge on any atom is 0.408 e. The van der Waals surface area contributed by atoms with Crippen LogP contribution in [0.2, 0.25) is 0 Å². The van der Waals surface area contributed by atoms with E-state index in [0.717, 1.165) is 5.56 Å². The van der Waals surface area contributed by atoms with Gasteiger partial charge in [0.1, 0.15) is 35.1 Å². The third-order valence-corrected chi connectivity index (χ3v) is 6.33. The van der Waals surface area contributed by atoms with Crippen molar-refractivity contribution < 1.29 is 38.6 Å². The lowest BCUT2D eigenvalue weighted by molar-refractivity contribution is -0.159. The zero-order valence-electron chi connectivity index (χ0n) is 27.1. The summed E-state index contributed by atoms with van der Waals surface area (Å²) in [5.41, 5.74) is 4.64. The van der Waals surface area contributed by atoms with Crippen LogP contribution in [0.4, 0.5) is 4.79 Å². The molecule has 0 saturated heterocycles. The topological polar surface area (TPSA) is 177 Å². The zero-order chi connectivity index (χ0) is 33.9. The van der Waals surface area contributed by atoms with E-state index in [1.165, 1.54) is 23.1 Å². The number of ether oxygens (including phenoxy) is 2. The Morgan fingerprint density at radius 3 is 2.02 bits per heavy atom. The third kappa shape index (κ3) is 12.5. The minimum absolute atomic E-state index is 0.0224. The van der Waals surface area contributed by atoms with Crippen molar-refractivity contribution in [1.29, 1.82) is 0 Å². The van der Waals surface area contributed by atoms with Crippen molar-refractivity contribution in [2.75, 3.05) is 6.54 Å². The number of carbonyl (C=O) groups excluding carboxylic acids is 5. The number of rotatable bonds is 13. The Kier molecular flexibility index (Phi) is 12.9. The number of nitrogens with zero attached hydrogens (tertiary/aromatic N) is 1. The van der Waals surface area contributed by atoms with Crippen molar-refractivity contribution >= 4 is 29.8 Å². The molecule has 2 rings (SSSR count). The fourth-order valence-corrected chi connectivity index (χ4v) is 4.49. The molecular formula is C33H46N4O8. The fraction of sp³-hybridized carbons (Fsp3) is 0.485. The number of aromatic hydroxyl groups is 1. The first-order valence-electron chi connectivity index (χ1n) is 14.8. The van der Waals surface area contributed by atoms with Gasteiger partial charge in [-0.1, -0.05) is 42.5 Å². The highest BCUT2D eigenvalue weighted by Crippen LogP contribution is 2.26. The number of phenolic OH excluding ortho intramolecular Hbond substituents is 1. The van der Waals surface area contributed by atoms with Crippen LogP contribution in [0.15, 0.2) is 54.6 Å². The number of amides is 4. The predicted octanol–water partition coefficient (Wildman–Crippen LogP) is 3.51. The summed E-state index contributed by atoms with van der Waals surface area (Å²) >= 11 is 0. The highest BCUT2D eigenvalue weighted by Gasteiger charge is 2.38. The molecule has 0 aromatic heterocycles. The molecule has 0 bridgehead atoms. The first-order valence-corrected chi connectivity index (χ1v) is 14.8. The molecule has 2 aromatic rings. The van der Waals surface area contributed by atoms with E-state index >= 15 is 0 Å². The van der Waals surface area contributed by atoms with E-state index in [9.17, 15) is 29.1 Å². The van der Waals surface area contributed by atoms with Crippen molar-refractivity contribution in [3.8, 4) is 5.75 Å². The van der Waals surface area contributed by atoms with Crippen molar-refractivity contribution in [2.45, 2.75) is 97.1 Å². The average Bonchev–Trinajstić information content (AvgIpc) is 2.91. The quantitative estimate of drug-likeness (QED) is 0.244. The molecule has 0 spiro atoms. The molecule has 2 aromatic carbocycles. The van der Waals surface area contributed by atoms with E-state index in [2.05, 4.69) is 10.6 Å². The number of hydrogen-bond acceptors (Lipinski definition) is 8. The second kappa shape index (κ2) is 15.9. The number of esters is 1. The SMILES string of the molecule is CCN(C(=O)C(CCC(N)=O)NC(=O)OC(C)(C)C)C(C(=O)NC(Cc1ccccc1)C(=O)OC(C)(C)C)c1cccc(O)c1. The molecular weight excluding hydrogens is 580 g/mol. The molecule has 0 heterocycles. The van der Waals surface area contributed by atoms with Gasteiger partial charge in [-0.05, 0) is 78.1 Å². The monoisotopic (exact) mass is 626 g/mol. The molecule has 0 aliphatic heterocycles. The van der Waals surface area contributed by atoms with Gasteiger partial charge in [-0.3, -0.25) is 14.4 Å². The predicted molar refractivity (Wildman–Crippen MR) is 168 cm³/mol. The van der Waals surface area contributed by atoms with E-state index < -0.39 is 59.1 Å². The summed E-state index contributed by atoms with van der Waals surface area (Å²) in [7, 11) is 0. The van der Waals surface area contributed by atoms with Crippen LogP contribution >= 0.6 is 0 Å². The number of phenols is 1. The van der Waals surface area contributed by atoms with Crippen molar-refractivity contribution in [3.05, 3.63) is 65.7 Å². The largest absolute Gasteiger partial charge is 0.508 e. The number of nitrogens with one attached hydrogen (secondary N) is 2. The normalized spacial score (nSPS) is 13.5. The van der Waals surface area contributed by atoms with Gasteiger partial charge in [0.25, 0.3) is 0 Å². The number of nitrogens with two attached hydrogens (primary N) is 1. The van der Waals surface area contributed by atoms with Crippen molar-refractivity contribution in [2.24, 2.45) is 5.73 Å². The molecule has 0 aliphatic rings. The second-order valence-corrected chi connectivity index (χ2v) is 12.6. The van der Waals surface area contributed by atoms with Gasteiger partial charge in [0.2, 0.25) is 17.7 Å². The summed E-state index contributed by atoms with van der Waals surface area (Å²) in [5, 5.41) is 15.5. The lowest BCUT2D eigenvalue weighted by Crippen LogP contribution is -2.55. The Morgan fingerprint density at radius 1 is 0.867 bits per heavy atom. The molecule has 0 fully saturated rings. The average molecular weight is 627 g/mol. The molecule has 3 atom stereocenters. The Bertz CT molecular complexity index is 1330. The minimum atomic E-state index is -1.35. The van der Waals surface area contributed by atoms with Crippen LogP contribution in [0, 0.1) is 0 Å². The first kappa shape index (κ1) is 36.6. The van der Waals surface area contributed by atoms with Crippen LogP contribution in [0.25, 0.3) is 0 Å². The molecule has 12 nitrogen and oxygen atoms in total. The summed E-state index contributed by atoms with van der Waals surface area (Å²) < 4.78 is 10.9. The van der Waals surface area contributed by atoms with Gasteiger partial charge in [-0.2, -0.15) is 0 Å². The highest BCUT2D eigenvalue weighted by atomic mass is 16.6. The van der Waals surface area contributed by atoms with Gasteiger partial charge in [0.05, 0.1) is 0 Å². The summed E-state index contributed by atoms with van der Waals surface area (Å²) in [6.45, 7) is 11.7. The summed E-state index contributed by atoms with van der Waals surface area (Å²) in [4.78, 5) is 67.0. The molecule has 4 amide bonds. The highest BCUT2D eigenvalue weighted by molar-refractivity contribution is 5.94. The maximum absolute atomic E-state index is 14.1. The Balaban J connectivity index is 2.54. The number of likely N-dealkylation sites (N-methyl/N-ethyl adjacent to an activating group) is 1. The Hall–Kier alpha value is -4.61. The molecule has 0 saturated carbocycles. The number of alkyl carbamates (subject to hydrolysis) is 1. The van der Waals surface area contributed by atoms with Crippen molar-refractivity contribution in [3.63, 3.8) is 0 Å². The molecule has 45 heavy (non-hydrogen) atoms. The third-order valence-electron chi connectivity index (χ3n) is 6.33. The van der Waals surface area contributed by atoms with Crippen molar-refractivity contribution in [1.82, 2.24) is 15.5 Å². The summed E-state index contributed by atoms with van der Waals surface area (Å²) in [6.07, 6.45) is -1.18. The van der Waals surface area contributed by atoms with Crippen LogP contribution in [0.1, 0.15) is 78.5 Å². The van der Waals surface area contributed by atoms with Gasteiger partial charge < -0.3 is 35.8 Å². The van der Waals surface area contributed by atoms with Gasteiger partial charge in [0.15, 0.2) is 0 Å². The zero-order valence-corrected chi connectivity index (χ0v) is 27.1. The number of primary amides is 1. The molecule has 5 N–H and O–H groups in total. The lowest BCUT2D eigenvalue weighted by atomic mass is 10.00. The number of carbonyl (C=O) groups is 5.